The molecule has 152 valence electrons. The number of nitrogens with one attached hydrogen (secondary N) is 1. The molecule has 1 aliphatic heterocycles. The number of ether oxygens (including phenoxy) is 3. The van der Waals surface area contributed by atoms with Crippen LogP contribution in [0.2, 0.25) is 0 Å². The zero-order chi connectivity index (χ0) is 20.2. The van der Waals surface area contributed by atoms with Crippen molar-refractivity contribution in [1.82, 2.24) is 5.32 Å². The van der Waals surface area contributed by atoms with Crippen molar-refractivity contribution in [2.45, 2.75) is 44.8 Å². The Labute approximate surface area is 170 Å². The van der Waals surface area contributed by atoms with Crippen LogP contribution in [0, 0.1) is 0 Å². The van der Waals surface area contributed by atoms with Crippen molar-refractivity contribution in [1.29, 1.82) is 0 Å². The Morgan fingerprint density at radius 1 is 1.10 bits per heavy atom. The molecule has 1 aliphatic carbocycles. The molecule has 0 saturated heterocycles. The van der Waals surface area contributed by atoms with E-state index in [2.05, 4.69) is 23.5 Å². The van der Waals surface area contributed by atoms with Gasteiger partial charge in [0.25, 0.3) is 5.91 Å². The number of para-hydroxylation sites is 2. The number of hydrogen-bond donors (Lipinski definition) is 1. The summed E-state index contributed by atoms with van der Waals surface area (Å²) >= 11 is 0. The van der Waals surface area contributed by atoms with Crippen molar-refractivity contribution in [2.24, 2.45) is 0 Å². The van der Waals surface area contributed by atoms with Gasteiger partial charge >= 0.3 is 5.97 Å². The van der Waals surface area contributed by atoms with Crippen LogP contribution in [0.5, 0.6) is 11.5 Å². The van der Waals surface area contributed by atoms with E-state index in [1.54, 1.807) is 18.2 Å². The number of amides is 1. The van der Waals surface area contributed by atoms with E-state index in [4.69, 9.17) is 14.2 Å². The van der Waals surface area contributed by atoms with Crippen LogP contribution in [0.4, 0.5) is 0 Å². The highest BCUT2D eigenvalue weighted by molar-refractivity contribution is 5.82. The van der Waals surface area contributed by atoms with Crippen LogP contribution in [0.1, 0.15) is 42.5 Å². The Hall–Kier alpha value is -3.02. The third-order valence-corrected chi connectivity index (χ3v) is 5.37. The van der Waals surface area contributed by atoms with E-state index < -0.39 is 12.1 Å². The van der Waals surface area contributed by atoms with Gasteiger partial charge in [0.05, 0.1) is 6.04 Å². The first-order chi connectivity index (χ1) is 14.1. The normalized spacial score (nSPS) is 18.3. The van der Waals surface area contributed by atoms with E-state index in [0.717, 1.165) is 18.4 Å². The minimum absolute atomic E-state index is 0.0585. The number of rotatable bonds is 5. The number of fused-ring (bicyclic) bond motifs is 2. The number of hydrogen-bond acceptors (Lipinski definition) is 5. The van der Waals surface area contributed by atoms with Crippen molar-refractivity contribution in [3.8, 4) is 11.5 Å². The molecular weight excluding hydrogens is 370 g/mol. The predicted octanol–water partition coefficient (Wildman–Crippen LogP) is 3.13. The van der Waals surface area contributed by atoms with E-state index in [0.29, 0.717) is 11.5 Å². The maximum atomic E-state index is 12.2. The van der Waals surface area contributed by atoms with Crippen LogP contribution in [0.15, 0.2) is 42.5 Å². The molecule has 1 N–H and O–H groups in total. The molecule has 2 atom stereocenters. The van der Waals surface area contributed by atoms with E-state index in [1.807, 2.05) is 13.0 Å². The van der Waals surface area contributed by atoms with Crippen LogP contribution >= 0.6 is 0 Å². The smallest absolute Gasteiger partial charge is 0.351 e. The fourth-order valence-corrected chi connectivity index (χ4v) is 3.75. The summed E-state index contributed by atoms with van der Waals surface area (Å²) < 4.78 is 16.2. The van der Waals surface area contributed by atoms with Gasteiger partial charge < -0.3 is 19.5 Å². The zero-order valence-electron chi connectivity index (χ0n) is 16.5. The molecule has 4 rings (SSSR count). The Bertz CT molecular complexity index is 910. The molecule has 0 saturated carbocycles. The maximum Gasteiger partial charge on any atom is 0.351 e. The van der Waals surface area contributed by atoms with Crippen LogP contribution in [0.3, 0.4) is 0 Å². The fourth-order valence-electron chi connectivity index (χ4n) is 3.75. The quantitative estimate of drug-likeness (QED) is 0.788. The Kier molecular flexibility index (Phi) is 5.69. The molecule has 1 amide bonds. The van der Waals surface area contributed by atoms with E-state index in [9.17, 15) is 9.59 Å². The monoisotopic (exact) mass is 395 g/mol. The van der Waals surface area contributed by atoms with Crippen LogP contribution in [0.25, 0.3) is 0 Å². The van der Waals surface area contributed by atoms with Crippen molar-refractivity contribution < 1.29 is 23.8 Å². The Morgan fingerprint density at radius 3 is 2.69 bits per heavy atom. The van der Waals surface area contributed by atoms with Gasteiger partial charge in [-0.25, -0.2) is 4.79 Å². The maximum absolute atomic E-state index is 12.2. The van der Waals surface area contributed by atoms with Gasteiger partial charge in [-0.05, 0) is 61.4 Å². The largest absolute Gasteiger partial charge is 0.485 e. The number of esters is 1. The minimum Gasteiger partial charge on any atom is -0.485 e. The summed E-state index contributed by atoms with van der Waals surface area (Å²) in [5.74, 6) is 0.121. The average molecular weight is 395 g/mol. The first-order valence-electron chi connectivity index (χ1n) is 10.1. The van der Waals surface area contributed by atoms with Gasteiger partial charge in [-0.1, -0.05) is 30.3 Å². The van der Waals surface area contributed by atoms with Gasteiger partial charge in [0, 0.05) is 0 Å². The second-order valence-corrected chi connectivity index (χ2v) is 7.50. The SMILES string of the molecule is C[C@H](NC(=O)COC(=O)[C@H]1COc2ccccc2O1)c1ccc2c(c1)CCCC2. The lowest BCUT2D eigenvalue weighted by molar-refractivity contribution is -0.157. The molecule has 0 radical (unpaired) electrons. The Morgan fingerprint density at radius 2 is 1.86 bits per heavy atom. The summed E-state index contributed by atoms with van der Waals surface area (Å²) in [5.41, 5.74) is 3.84. The van der Waals surface area contributed by atoms with Gasteiger partial charge in [-0.3, -0.25) is 4.79 Å². The number of carbonyl (C=O) groups excluding carboxylic acids is 2. The molecule has 0 unspecified atom stereocenters. The van der Waals surface area contributed by atoms with Gasteiger partial charge in [-0.2, -0.15) is 0 Å². The van der Waals surface area contributed by atoms with Crippen LogP contribution in [-0.2, 0) is 27.2 Å². The molecule has 0 bridgehead atoms. The summed E-state index contributed by atoms with van der Waals surface area (Å²) in [6, 6.07) is 13.4. The molecule has 2 aliphatic rings. The third kappa shape index (κ3) is 4.53. The van der Waals surface area contributed by atoms with Crippen molar-refractivity contribution in [3.63, 3.8) is 0 Å². The van der Waals surface area contributed by atoms with Crippen molar-refractivity contribution >= 4 is 11.9 Å². The number of aryl methyl sites for hydroxylation is 2. The molecule has 0 aromatic heterocycles. The molecule has 2 aromatic rings. The van der Waals surface area contributed by atoms with Gasteiger partial charge in [-0.15, -0.1) is 0 Å². The lowest BCUT2D eigenvalue weighted by Gasteiger charge is -2.25. The lowest BCUT2D eigenvalue weighted by Crippen LogP contribution is -2.40. The van der Waals surface area contributed by atoms with Crippen molar-refractivity contribution in [2.75, 3.05) is 13.2 Å². The number of carbonyl (C=O) groups is 2. The molecule has 0 spiro atoms. The molecule has 6 nitrogen and oxygen atoms in total. The highest BCUT2D eigenvalue weighted by Crippen LogP contribution is 2.31. The topological polar surface area (TPSA) is 73.9 Å². The number of benzene rings is 2. The third-order valence-electron chi connectivity index (χ3n) is 5.37. The van der Waals surface area contributed by atoms with Gasteiger partial charge in [0.1, 0.15) is 6.61 Å². The molecule has 29 heavy (non-hydrogen) atoms. The van der Waals surface area contributed by atoms with E-state index >= 15 is 0 Å². The summed E-state index contributed by atoms with van der Waals surface area (Å²) in [7, 11) is 0. The van der Waals surface area contributed by atoms with Crippen LogP contribution < -0.4 is 14.8 Å². The summed E-state index contributed by atoms with van der Waals surface area (Å²) in [5, 5.41) is 2.89. The summed E-state index contributed by atoms with van der Waals surface area (Å²) in [4.78, 5) is 24.5. The Balaban J connectivity index is 1.27. The zero-order valence-corrected chi connectivity index (χ0v) is 16.5. The minimum atomic E-state index is -0.879. The average Bonchev–Trinajstić information content (AvgIpc) is 2.76. The predicted molar refractivity (Wildman–Crippen MR) is 107 cm³/mol. The van der Waals surface area contributed by atoms with E-state index in [-0.39, 0.29) is 25.2 Å². The summed E-state index contributed by atoms with van der Waals surface area (Å²) in [6.07, 6.45) is 3.80. The fraction of sp³-hybridized carbons (Fsp3) is 0.391. The van der Waals surface area contributed by atoms with E-state index in [1.165, 1.54) is 24.0 Å². The van der Waals surface area contributed by atoms with Crippen molar-refractivity contribution in [3.05, 3.63) is 59.2 Å². The van der Waals surface area contributed by atoms with Gasteiger partial charge in [0.15, 0.2) is 18.1 Å². The lowest BCUT2D eigenvalue weighted by atomic mass is 9.89. The first-order valence-corrected chi connectivity index (χ1v) is 10.1. The molecule has 6 heteroatoms. The highest BCUT2D eigenvalue weighted by Gasteiger charge is 2.29. The van der Waals surface area contributed by atoms with Crippen LogP contribution in [-0.4, -0.2) is 31.2 Å². The molecule has 0 fully saturated rings. The molecule has 2 aromatic carbocycles. The molecule has 1 heterocycles. The molecular formula is C23H25NO5. The second kappa shape index (κ2) is 8.55. The standard InChI is InChI=1S/C23H25NO5/c1-15(17-11-10-16-6-2-3-7-18(16)12-17)24-22(25)14-28-23(26)21-13-27-19-8-4-5-9-20(19)29-21/h4-5,8-12,15,21H,2-3,6-7,13-14H2,1H3,(H,24,25)/t15-,21+/m0/s1. The summed E-state index contributed by atoms with van der Waals surface area (Å²) in [6.45, 7) is 1.64. The van der Waals surface area contributed by atoms with Gasteiger partial charge in [0.2, 0.25) is 6.10 Å². The first kappa shape index (κ1) is 19.3. The second-order valence-electron chi connectivity index (χ2n) is 7.50. The highest BCUT2D eigenvalue weighted by atomic mass is 16.6.